The minimum absolute atomic E-state index is 0.653. The molecule has 12 heteroatoms. The molecule has 4 rings (SSSR count). The van der Waals surface area contributed by atoms with Gasteiger partial charge in [-0.25, -0.2) is 29.3 Å². The number of tetrazole rings is 2. The maximum atomic E-state index is 4.11. The smallest absolute Gasteiger partial charge is 0.200 e. The second-order valence-corrected chi connectivity index (χ2v) is 5.33. The van der Waals surface area contributed by atoms with Crippen molar-refractivity contribution in [2.24, 2.45) is 14.1 Å². The molecule has 0 amide bonds. The van der Waals surface area contributed by atoms with Gasteiger partial charge in [0.2, 0.25) is 5.82 Å². The van der Waals surface area contributed by atoms with Crippen LogP contribution in [0.4, 0.5) is 0 Å². The molecule has 0 radical (unpaired) electrons. The van der Waals surface area contributed by atoms with Gasteiger partial charge in [0.1, 0.15) is 18.3 Å². The summed E-state index contributed by atoms with van der Waals surface area (Å²) in [6, 6.07) is 0. The Morgan fingerprint density at radius 3 is 1.73 bits per heavy atom. The van der Waals surface area contributed by atoms with E-state index in [4.69, 9.17) is 0 Å². The number of nitrogens with zero attached hydrogens (tertiary/aromatic N) is 12. The predicted molar refractivity (Wildman–Crippen MR) is 112 cm³/mol. The van der Waals surface area contributed by atoms with Crippen molar-refractivity contribution in [1.82, 2.24) is 60.4 Å². The molecule has 0 bridgehead atoms. The van der Waals surface area contributed by atoms with Gasteiger partial charge in [-0.3, -0.25) is 0 Å². The summed E-state index contributed by atoms with van der Waals surface area (Å²) in [5.74, 6) is 1.33. The van der Waals surface area contributed by atoms with Crippen molar-refractivity contribution in [2.45, 2.75) is 41.5 Å². The fourth-order valence-corrected chi connectivity index (χ4v) is 2.13. The van der Waals surface area contributed by atoms with E-state index in [0.29, 0.717) is 11.6 Å². The zero-order valence-electron chi connectivity index (χ0n) is 18.7. The SMILES string of the molecule is CC.CC.Cc1cncnc1-c1nnnn1C.Cc1ncncc1-c1nnnn1C. The summed E-state index contributed by atoms with van der Waals surface area (Å²) < 4.78 is 3.17. The first-order chi connectivity index (χ1) is 14.6. The Hall–Kier alpha value is -3.70. The maximum Gasteiger partial charge on any atom is 0.200 e. The van der Waals surface area contributed by atoms with Crippen LogP contribution >= 0.6 is 0 Å². The van der Waals surface area contributed by atoms with E-state index in [0.717, 1.165) is 22.5 Å². The van der Waals surface area contributed by atoms with E-state index in [2.05, 4.69) is 51.0 Å². The zero-order valence-corrected chi connectivity index (χ0v) is 18.7. The summed E-state index contributed by atoms with van der Waals surface area (Å²) >= 11 is 0. The molecule has 12 nitrogen and oxygen atoms in total. The van der Waals surface area contributed by atoms with Crippen molar-refractivity contribution in [3.8, 4) is 22.9 Å². The quantitative estimate of drug-likeness (QED) is 0.480. The molecule has 160 valence electrons. The van der Waals surface area contributed by atoms with E-state index in [1.807, 2.05) is 41.5 Å². The maximum absolute atomic E-state index is 4.11. The van der Waals surface area contributed by atoms with Gasteiger partial charge in [-0.05, 0) is 40.3 Å². The van der Waals surface area contributed by atoms with Crippen molar-refractivity contribution in [3.63, 3.8) is 0 Å². The first-order valence-corrected chi connectivity index (χ1v) is 9.56. The van der Waals surface area contributed by atoms with Gasteiger partial charge in [-0.2, -0.15) is 0 Å². The highest BCUT2D eigenvalue weighted by atomic mass is 15.5. The second kappa shape index (κ2) is 12.7. The number of rotatable bonds is 2. The highest BCUT2D eigenvalue weighted by Gasteiger charge is 2.10. The van der Waals surface area contributed by atoms with Crippen molar-refractivity contribution in [1.29, 1.82) is 0 Å². The van der Waals surface area contributed by atoms with Gasteiger partial charge < -0.3 is 0 Å². The summed E-state index contributed by atoms with van der Waals surface area (Å²) in [6.07, 6.45) is 6.42. The number of hydrogen-bond donors (Lipinski definition) is 0. The highest BCUT2D eigenvalue weighted by Crippen LogP contribution is 2.15. The average Bonchev–Trinajstić information content (AvgIpc) is 3.40. The average molecular weight is 413 g/mol. The van der Waals surface area contributed by atoms with E-state index in [-0.39, 0.29) is 0 Å². The van der Waals surface area contributed by atoms with Crippen LogP contribution in [0.15, 0.2) is 25.0 Å². The second-order valence-electron chi connectivity index (χ2n) is 5.33. The minimum atomic E-state index is 0.653. The lowest BCUT2D eigenvalue weighted by Crippen LogP contribution is -1.98. The molecule has 0 aliphatic carbocycles. The van der Waals surface area contributed by atoms with E-state index < -0.39 is 0 Å². The lowest BCUT2D eigenvalue weighted by atomic mass is 10.2. The molecule has 4 aromatic heterocycles. The van der Waals surface area contributed by atoms with Crippen LogP contribution < -0.4 is 0 Å². The molecule has 0 N–H and O–H groups in total. The molecule has 0 aromatic carbocycles. The number of hydrogen-bond acceptors (Lipinski definition) is 10. The van der Waals surface area contributed by atoms with Crippen molar-refractivity contribution >= 4 is 0 Å². The van der Waals surface area contributed by atoms with Gasteiger partial charge >= 0.3 is 0 Å². The molecular formula is C18H28N12. The number of aryl methyl sites for hydroxylation is 4. The van der Waals surface area contributed by atoms with Crippen LogP contribution in [0.3, 0.4) is 0 Å². The van der Waals surface area contributed by atoms with E-state index in [1.165, 1.54) is 12.7 Å². The molecule has 0 atom stereocenters. The highest BCUT2D eigenvalue weighted by molar-refractivity contribution is 5.55. The van der Waals surface area contributed by atoms with Crippen LogP contribution in [0.5, 0.6) is 0 Å². The first kappa shape index (κ1) is 24.3. The standard InChI is InChI=1S/2C7H8N6.2C2H6/c1-5-6(3-8-4-9-5)7-10-11-12-13(7)2;1-5-3-8-4-9-6(5)7-10-11-12-13(7)2;2*1-2/h2*3-4H,1-2H3;2*1-2H3. The normalized spacial score (nSPS) is 9.33. The summed E-state index contributed by atoms with van der Waals surface area (Å²) in [6.45, 7) is 11.8. The van der Waals surface area contributed by atoms with Gasteiger partial charge in [-0.15, -0.1) is 10.2 Å². The lowest BCUT2D eigenvalue weighted by Gasteiger charge is -2.00. The van der Waals surface area contributed by atoms with E-state index >= 15 is 0 Å². The lowest BCUT2D eigenvalue weighted by molar-refractivity contribution is 0.713. The van der Waals surface area contributed by atoms with E-state index in [1.54, 1.807) is 35.9 Å². The third kappa shape index (κ3) is 6.15. The van der Waals surface area contributed by atoms with Crippen LogP contribution in [0.1, 0.15) is 39.0 Å². The van der Waals surface area contributed by atoms with Gasteiger partial charge in [-0.1, -0.05) is 27.7 Å². The first-order valence-electron chi connectivity index (χ1n) is 9.56. The van der Waals surface area contributed by atoms with Crippen LogP contribution in [0, 0.1) is 13.8 Å². The molecule has 4 aromatic rings. The molecule has 0 saturated heterocycles. The summed E-state index contributed by atoms with van der Waals surface area (Å²) in [5.41, 5.74) is 3.45. The number of aromatic nitrogens is 12. The molecule has 0 aliphatic rings. The molecule has 30 heavy (non-hydrogen) atoms. The monoisotopic (exact) mass is 412 g/mol. The minimum Gasteiger partial charge on any atom is -0.244 e. The summed E-state index contributed by atoms with van der Waals surface area (Å²) in [4.78, 5) is 16.0. The molecule has 0 aliphatic heterocycles. The van der Waals surface area contributed by atoms with Gasteiger partial charge in [0.15, 0.2) is 5.82 Å². The molecule has 4 heterocycles. The Bertz CT molecular complexity index is 926. The zero-order chi connectivity index (χ0) is 22.5. The van der Waals surface area contributed by atoms with Gasteiger partial charge in [0.25, 0.3) is 0 Å². The van der Waals surface area contributed by atoms with Gasteiger partial charge in [0, 0.05) is 26.5 Å². The molecular weight excluding hydrogens is 384 g/mol. The third-order valence-corrected chi connectivity index (χ3v) is 3.50. The third-order valence-electron chi connectivity index (χ3n) is 3.50. The summed E-state index contributed by atoms with van der Waals surface area (Å²) in [5, 5.41) is 22.3. The van der Waals surface area contributed by atoms with Crippen LogP contribution in [0.2, 0.25) is 0 Å². The summed E-state index contributed by atoms with van der Waals surface area (Å²) in [7, 11) is 3.55. The molecule has 0 spiro atoms. The van der Waals surface area contributed by atoms with Crippen LogP contribution in [0.25, 0.3) is 22.9 Å². The van der Waals surface area contributed by atoms with E-state index in [9.17, 15) is 0 Å². The largest absolute Gasteiger partial charge is 0.244 e. The Morgan fingerprint density at radius 2 is 1.23 bits per heavy atom. The van der Waals surface area contributed by atoms with Crippen molar-refractivity contribution < 1.29 is 0 Å². The van der Waals surface area contributed by atoms with Crippen molar-refractivity contribution in [2.75, 3.05) is 0 Å². The van der Waals surface area contributed by atoms with Gasteiger partial charge in [0.05, 0.1) is 11.3 Å². The molecule has 0 fully saturated rings. The molecule has 0 unspecified atom stereocenters. The van der Waals surface area contributed by atoms with Crippen LogP contribution in [-0.2, 0) is 14.1 Å². The Kier molecular flexibility index (Phi) is 10.3. The fourth-order valence-electron chi connectivity index (χ4n) is 2.13. The Morgan fingerprint density at radius 1 is 0.700 bits per heavy atom. The Labute approximate surface area is 175 Å². The van der Waals surface area contributed by atoms with Crippen LogP contribution in [-0.4, -0.2) is 60.4 Å². The topological polar surface area (TPSA) is 139 Å². The Balaban J connectivity index is 0.000000258. The molecule has 0 saturated carbocycles. The van der Waals surface area contributed by atoms with Crippen molar-refractivity contribution in [3.05, 3.63) is 36.3 Å². The predicted octanol–water partition coefficient (Wildman–Crippen LogP) is 2.00. The fraction of sp³-hybridized carbons (Fsp3) is 0.444.